The zero-order chi connectivity index (χ0) is 11.1. The number of benzene rings is 2. The second-order valence-electron chi connectivity index (χ2n) is 3.81. The van der Waals surface area contributed by atoms with E-state index < -0.39 is 0 Å². The fourth-order valence-electron chi connectivity index (χ4n) is 1.67. The normalized spacial score (nSPS) is 10.0. The average Bonchev–Trinajstić information content (AvgIpc) is 2.37. The van der Waals surface area contributed by atoms with Crippen LogP contribution >= 0.6 is 0 Å². The highest BCUT2D eigenvalue weighted by Crippen LogP contribution is 2.06. The molecule has 0 unspecified atom stereocenters. The molecule has 0 spiro atoms. The summed E-state index contributed by atoms with van der Waals surface area (Å²) in [5.74, 6) is 0. The van der Waals surface area contributed by atoms with Crippen molar-refractivity contribution < 1.29 is 0 Å². The van der Waals surface area contributed by atoms with Gasteiger partial charge in [0.2, 0.25) is 0 Å². The molecular weight excluding hydrogens is 194 g/mol. The SMILES string of the molecule is c1ccc(CCC[N]c2ccccc2)cc1. The van der Waals surface area contributed by atoms with Gasteiger partial charge in [0, 0.05) is 6.54 Å². The lowest BCUT2D eigenvalue weighted by atomic mass is 10.1. The summed E-state index contributed by atoms with van der Waals surface area (Å²) >= 11 is 0. The molecule has 16 heavy (non-hydrogen) atoms. The van der Waals surface area contributed by atoms with Crippen molar-refractivity contribution in [1.29, 1.82) is 0 Å². The highest BCUT2D eigenvalue weighted by molar-refractivity contribution is 5.34. The van der Waals surface area contributed by atoms with Crippen LogP contribution in [-0.4, -0.2) is 6.54 Å². The predicted molar refractivity (Wildman–Crippen MR) is 67.9 cm³/mol. The van der Waals surface area contributed by atoms with Crippen LogP contribution in [0.15, 0.2) is 60.7 Å². The summed E-state index contributed by atoms with van der Waals surface area (Å²) in [6.07, 6.45) is 2.22. The highest BCUT2D eigenvalue weighted by atomic mass is 14.9. The van der Waals surface area contributed by atoms with Gasteiger partial charge in [0.25, 0.3) is 0 Å². The maximum atomic E-state index is 4.52. The summed E-state index contributed by atoms with van der Waals surface area (Å²) in [6, 6.07) is 20.7. The maximum absolute atomic E-state index is 4.52. The number of aryl methyl sites for hydroxylation is 1. The molecule has 2 aromatic carbocycles. The fraction of sp³-hybridized carbons (Fsp3) is 0.200. The van der Waals surface area contributed by atoms with Gasteiger partial charge < -0.3 is 0 Å². The van der Waals surface area contributed by atoms with Crippen molar-refractivity contribution in [2.75, 3.05) is 6.54 Å². The third kappa shape index (κ3) is 3.43. The van der Waals surface area contributed by atoms with E-state index in [1.807, 2.05) is 30.3 Å². The lowest BCUT2D eigenvalue weighted by Crippen LogP contribution is -2.01. The number of nitrogens with zero attached hydrogens (tertiary/aromatic N) is 1. The lowest BCUT2D eigenvalue weighted by molar-refractivity contribution is 0.748. The minimum Gasteiger partial charge on any atom is -0.285 e. The van der Waals surface area contributed by atoms with Crippen molar-refractivity contribution in [1.82, 2.24) is 5.32 Å². The molecule has 0 aliphatic heterocycles. The first-order valence-corrected chi connectivity index (χ1v) is 5.71. The minimum atomic E-state index is 0.902. The number of hydrogen-bond acceptors (Lipinski definition) is 0. The molecule has 1 heteroatoms. The lowest BCUT2D eigenvalue weighted by Gasteiger charge is -2.03. The smallest absolute Gasteiger partial charge is 0.0574 e. The average molecular weight is 210 g/mol. The molecule has 0 bridgehead atoms. The number of para-hydroxylation sites is 1. The summed E-state index contributed by atoms with van der Waals surface area (Å²) in [6.45, 7) is 0.902. The monoisotopic (exact) mass is 210 g/mol. The van der Waals surface area contributed by atoms with Crippen molar-refractivity contribution >= 4 is 5.69 Å². The van der Waals surface area contributed by atoms with Crippen LogP contribution in [0.1, 0.15) is 12.0 Å². The van der Waals surface area contributed by atoms with Gasteiger partial charge >= 0.3 is 0 Å². The molecule has 0 heterocycles. The van der Waals surface area contributed by atoms with E-state index in [4.69, 9.17) is 0 Å². The fourth-order valence-corrected chi connectivity index (χ4v) is 1.67. The third-order valence-electron chi connectivity index (χ3n) is 2.52. The molecule has 1 radical (unpaired) electrons. The molecule has 0 aliphatic rings. The van der Waals surface area contributed by atoms with E-state index in [2.05, 4.69) is 35.6 Å². The van der Waals surface area contributed by atoms with E-state index >= 15 is 0 Å². The van der Waals surface area contributed by atoms with Crippen molar-refractivity contribution in [3.8, 4) is 0 Å². The Morgan fingerprint density at radius 2 is 1.38 bits per heavy atom. The molecule has 0 atom stereocenters. The van der Waals surface area contributed by atoms with Gasteiger partial charge in [-0.2, -0.15) is 0 Å². The zero-order valence-corrected chi connectivity index (χ0v) is 9.34. The summed E-state index contributed by atoms with van der Waals surface area (Å²) in [4.78, 5) is 0. The summed E-state index contributed by atoms with van der Waals surface area (Å²) in [5.41, 5.74) is 2.47. The Morgan fingerprint density at radius 3 is 2.06 bits per heavy atom. The van der Waals surface area contributed by atoms with Crippen LogP contribution in [0.25, 0.3) is 0 Å². The van der Waals surface area contributed by atoms with Gasteiger partial charge in [-0.3, -0.25) is 5.32 Å². The van der Waals surface area contributed by atoms with Gasteiger partial charge in [-0.05, 0) is 30.5 Å². The number of hydrogen-bond donors (Lipinski definition) is 0. The Labute approximate surface area is 97.1 Å². The molecule has 2 rings (SSSR count). The standard InChI is InChI=1S/C15H16N/c1-3-8-14(9-4-1)10-7-13-16-15-11-5-2-6-12-15/h1-6,8-9,11-12H,7,10,13H2. The van der Waals surface area contributed by atoms with Crippen LogP contribution in [0, 0.1) is 0 Å². The van der Waals surface area contributed by atoms with Gasteiger partial charge in [-0.1, -0.05) is 48.5 Å². The molecule has 81 valence electrons. The Bertz CT molecular complexity index is 353. The van der Waals surface area contributed by atoms with Gasteiger partial charge in [0.05, 0.1) is 5.69 Å². The third-order valence-corrected chi connectivity index (χ3v) is 2.52. The zero-order valence-electron chi connectivity index (χ0n) is 9.34. The quantitative estimate of drug-likeness (QED) is 0.670. The molecular formula is C15H16N. The topological polar surface area (TPSA) is 14.1 Å². The maximum Gasteiger partial charge on any atom is 0.0574 e. The Morgan fingerprint density at radius 1 is 0.750 bits per heavy atom. The van der Waals surface area contributed by atoms with Crippen LogP contribution in [0.5, 0.6) is 0 Å². The van der Waals surface area contributed by atoms with E-state index in [-0.39, 0.29) is 0 Å². The molecule has 0 saturated carbocycles. The first-order valence-electron chi connectivity index (χ1n) is 5.71. The van der Waals surface area contributed by atoms with E-state index in [1.54, 1.807) is 0 Å². The Kier molecular flexibility index (Phi) is 4.00. The van der Waals surface area contributed by atoms with Crippen LogP contribution in [0.4, 0.5) is 5.69 Å². The van der Waals surface area contributed by atoms with Gasteiger partial charge in [-0.15, -0.1) is 0 Å². The van der Waals surface area contributed by atoms with E-state index in [0.29, 0.717) is 0 Å². The molecule has 2 aromatic rings. The second kappa shape index (κ2) is 5.96. The van der Waals surface area contributed by atoms with Crippen LogP contribution < -0.4 is 5.32 Å². The van der Waals surface area contributed by atoms with Crippen molar-refractivity contribution in [2.45, 2.75) is 12.8 Å². The second-order valence-corrected chi connectivity index (χ2v) is 3.81. The Balaban J connectivity index is 1.70. The van der Waals surface area contributed by atoms with Crippen LogP contribution in [0.2, 0.25) is 0 Å². The molecule has 0 amide bonds. The van der Waals surface area contributed by atoms with Crippen molar-refractivity contribution in [3.05, 3.63) is 66.2 Å². The van der Waals surface area contributed by atoms with Gasteiger partial charge in [-0.25, -0.2) is 0 Å². The summed E-state index contributed by atoms with van der Waals surface area (Å²) < 4.78 is 0. The molecule has 0 fully saturated rings. The molecule has 0 aromatic heterocycles. The van der Waals surface area contributed by atoms with E-state index in [0.717, 1.165) is 25.1 Å². The first-order chi connectivity index (χ1) is 7.95. The highest BCUT2D eigenvalue weighted by Gasteiger charge is 1.94. The van der Waals surface area contributed by atoms with E-state index in [1.165, 1.54) is 5.56 Å². The minimum absolute atomic E-state index is 0.902. The van der Waals surface area contributed by atoms with Crippen LogP contribution in [-0.2, 0) is 6.42 Å². The Hall–Kier alpha value is -1.76. The summed E-state index contributed by atoms with van der Waals surface area (Å²) in [7, 11) is 0. The predicted octanol–water partition coefficient (Wildman–Crippen LogP) is 3.56. The number of rotatable bonds is 5. The largest absolute Gasteiger partial charge is 0.285 e. The molecule has 1 nitrogen and oxygen atoms in total. The van der Waals surface area contributed by atoms with Crippen molar-refractivity contribution in [3.63, 3.8) is 0 Å². The van der Waals surface area contributed by atoms with Gasteiger partial charge in [0.15, 0.2) is 0 Å². The molecule has 0 N–H and O–H groups in total. The van der Waals surface area contributed by atoms with E-state index in [9.17, 15) is 0 Å². The summed E-state index contributed by atoms with van der Waals surface area (Å²) in [5, 5.41) is 4.52. The first kappa shape index (κ1) is 10.7. The van der Waals surface area contributed by atoms with Crippen LogP contribution in [0.3, 0.4) is 0 Å². The molecule has 0 aliphatic carbocycles. The van der Waals surface area contributed by atoms with Gasteiger partial charge in [0.1, 0.15) is 0 Å². The van der Waals surface area contributed by atoms with Crippen molar-refractivity contribution in [2.24, 2.45) is 0 Å². The molecule has 0 saturated heterocycles.